The van der Waals surface area contributed by atoms with Crippen LogP contribution in [0.5, 0.6) is 0 Å². The molecular formula is C24H22N4O. The number of pyridine rings is 1. The molecule has 0 radical (unpaired) electrons. The van der Waals surface area contributed by atoms with E-state index in [1.54, 1.807) is 12.4 Å². The molecule has 0 bridgehead atoms. The second-order valence-corrected chi connectivity index (χ2v) is 6.94. The van der Waals surface area contributed by atoms with Crippen molar-refractivity contribution in [2.45, 2.75) is 19.8 Å². The highest BCUT2D eigenvalue weighted by atomic mass is 16.1. The van der Waals surface area contributed by atoms with E-state index in [4.69, 9.17) is 0 Å². The van der Waals surface area contributed by atoms with E-state index in [1.807, 2.05) is 73.8 Å². The average molecular weight is 382 g/mol. The summed E-state index contributed by atoms with van der Waals surface area (Å²) in [6, 6.07) is 19.6. The van der Waals surface area contributed by atoms with Gasteiger partial charge in [-0.2, -0.15) is 0 Å². The molecule has 1 amide bonds. The fourth-order valence-electron chi connectivity index (χ4n) is 3.16. The van der Waals surface area contributed by atoms with Gasteiger partial charge in [0.05, 0.1) is 0 Å². The molecule has 2 aromatic heterocycles. The Labute approximate surface area is 169 Å². The smallest absolute Gasteiger partial charge is 0.255 e. The number of benzene rings is 2. The van der Waals surface area contributed by atoms with Crippen molar-refractivity contribution in [3.05, 3.63) is 102 Å². The van der Waals surface area contributed by atoms with Crippen LogP contribution in [0.25, 0.3) is 11.4 Å². The minimum Gasteiger partial charge on any atom is -0.345 e. The quantitative estimate of drug-likeness (QED) is 0.502. The van der Waals surface area contributed by atoms with Crippen LogP contribution < -0.4 is 5.32 Å². The van der Waals surface area contributed by atoms with Crippen molar-refractivity contribution in [1.29, 1.82) is 0 Å². The number of amides is 1. The number of aryl methyl sites for hydroxylation is 3. The molecule has 2 aromatic carbocycles. The van der Waals surface area contributed by atoms with Crippen LogP contribution in [0.2, 0.25) is 0 Å². The van der Waals surface area contributed by atoms with E-state index >= 15 is 0 Å². The normalized spacial score (nSPS) is 10.7. The first kappa shape index (κ1) is 18.6. The van der Waals surface area contributed by atoms with Crippen molar-refractivity contribution >= 4 is 11.6 Å². The molecule has 2 heterocycles. The first-order valence-corrected chi connectivity index (χ1v) is 9.59. The molecule has 0 aliphatic rings. The Morgan fingerprint density at radius 2 is 1.83 bits per heavy atom. The number of H-pyrrole nitrogens is 1. The topological polar surface area (TPSA) is 70.7 Å². The van der Waals surface area contributed by atoms with E-state index in [2.05, 4.69) is 20.3 Å². The van der Waals surface area contributed by atoms with Crippen LogP contribution in [0, 0.1) is 6.92 Å². The minimum atomic E-state index is -0.124. The molecule has 0 fully saturated rings. The van der Waals surface area contributed by atoms with Crippen LogP contribution in [-0.2, 0) is 12.8 Å². The Morgan fingerprint density at radius 3 is 2.55 bits per heavy atom. The minimum absolute atomic E-state index is 0.124. The maximum absolute atomic E-state index is 12.7. The Balaban J connectivity index is 1.43. The zero-order chi connectivity index (χ0) is 20.1. The fraction of sp³-hybridized carbons (Fsp3) is 0.125. The summed E-state index contributed by atoms with van der Waals surface area (Å²) in [5.41, 5.74) is 5.60. The number of aromatic nitrogens is 3. The van der Waals surface area contributed by atoms with Crippen LogP contribution in [0.3, 0.4) is 0 Å². The third kappa shape index (κ3) is 4.58. The Hall–Kier alpha value is -3.73. The zero-order valence-electron chi connectivity index (χ0n) is 16.2. The number of rotatable bonds is 6. The maximum atomic E-state index is 12.7. The van der Waals surface area contributed by atoms with Gasteiger partial charge in [-0.25, -0.2) is 4.98 Å². The van der Waals surface area contributed by atoms with Crippen molar-refractivity contribution in [1.82, 2.24) is 15.0 Å². The van der Waals surface area contributed by atoms with Gasteiger partial charge in [0.15, 0.2) is 0 Å². The Morgan fingerprint density at radius 1 is 0.966 bits per heavy atom. The van der Waals surface area contributed by atoms with Crippen LogP contribution >= 0.6 is 0 Å². The number of hydrogen-bond donors (Lipinski definition) is 2. The van der Waals surface area contributed by atoms with E-state index < -0.39 is 0 Å². The summed E-state index contributed by atoms with van der Waals surface area (Å²) in [5, 5.41) is 3.02. The molecule has 4 aromatic rings. The maximum Gasteiger partial charge on any atom is 0.255 e. The van der Waals surface area contributed by atoms with Gasteiger partial charge >= 0.3 is 0 Å². The molecule has 0 aliphatic heterocycles. The molecule has 0 unspecified atom stereocenters. The third-order valence-corrected chi connectivity index (χ3v) is 4.87. The standard InChI is InChI=1S/C24H22N4O/c1-17-5-9-20(23-26-14-15-27-23)16-22(17)28-24(29)19-10-6-18(7-11-19)8-12-21-4-2-3-13-25-21/h2-7,9-11,13-16H,8,12H2,1H3,(H,26,27)(H,28,29). The second-order valence-electron chi connectivity index (χ2n) is 6.94. The third-order valence-electron chi connectivity index (χ3n) is 4.87. The molecule has 144 valence electrons. The van der Waals surface area contributed by atoms with Gasteiger partial charge in [0, 0.05) is 41.1 Å². The Kier molecular flexibility index (Phi) is 5.47. The molecule has 0 saturated heterocycles. The van der Waals surface area contributed by atoms with Gasteiger partial charge in [0.2, 0.25) is 0 Å². The van der Waals surface area contributed by atoms with Crippen molar-refractivity contribution in [3.8, 4) is 11.4 Å². The first-order chi connectivity index (χ1) is 14.2. The van der Waals surface area contributed by atoms with E-state index in [-0.39, 0.29) is 5.91 Å². The van der Waals surface area contributed by atoms with Crippen LogP contribution in [0.1, 0.15) is 27.2 Å². The lowest BCUT2D eigenvalue weighted by Gasteiger charge is -2.10. The largest absolute Gasteiger partial charge is 0.345 e. The molecule has 2 N–H and O–H groups in total. The number of nitrogens with zero attached hydrogens (tertiary/aromatic N) is 2. The van der Waals surface area contributed by atoms with Gasteiger partial charge in [-0.15, -0.1) is 0 Å². The number of anilines is 1. The van der Waals surface area contributed by atoms with Crippen molar-refractivity contribution < 1.29 is 4.79 Å². The second kappa shape index (κ2) is 8.52. The summed E-state index contributed by atoms with van der Waals surface area (Å²) in [7, 11) is 0. The summed E-state index contributed by atoms with van der Waals surface area (Å²) in [5.74, 6) is 0.652. The SMILES string of the molecule is Cc1ccc(-c2ncc[nH]2)cc1NC(=O)c1ccc(CCc2ccccn2)cc1. The Bertz CT molecular complexity index is 1090. The van der Waals surface area contributed by atoms with E-state index in [0.29, 0.717) is 5.56 Å². The number of nitrogens with one attached hydrogen (secondary N) is 2. The van der Waals surface area contributed by atoms with Crippen molar-refractivity contribution in [2.75, 3.05) is 5.32 Å². The highest BCUT2D eigenvalue weighted by molar-refractivity contribution is 6.04. The molecule has 0 spiro atoms. The van der Waals surface area contributed by atoms with Crippen LogP contribution in [-0.4, -0.2) is 20.9 Å². The van der Waals surface area contributed by atoms with Gasteiger partial charge in [0.1, 0.15) is 5.82 Å². The van der Waals surface area contributed by atoms with Gasteiger partial charge in [-0.05, 0) is 61.2 Å². The van der Waals surface area contributed by atoms with Crippen LogP contribution in [0.4, 0.5) is 5.69 Å². The number of aromatic amines is 1. The fourth-order valence-corrected chi connectivity index (χ4v) is 3.16. The molecule has 5 heteroatoms. The molecule has 4 rings (SSSR count). The number of carbonyl (C=O) groups excluding carboxylic acids is 1. The van der Waals surface area contributed by atoms with E-state index in [0.717, 1.165) is 41.2 Å². The van der Waals surface area contributed by atoms with E-state index in [1.165, 1.54) is 5.56 Å². The van der Waals surface area contributed by atoms with Gasteiger partial charge in [0.25, 0.3) is 5.91 Å². The molecule has 5 nitrogen and oxygen atoms in total. The summed E-state index contributed by atoms with van der Waals surface area (Å²) in [6.07, 6.45) is 7.08. The highest BCUT2D eigenvalue weighted by Crippen LogP contribution is 2.23. The molecule has 29 heavy (non-hydrogen) atoms. The number of imidazole rings is 1. The number of carbonyl (C=O) groups is 1. The lowest BCUT2D eigenvalue weighted by Crippen LogP contribution is -2.13. The number of hydrogen-bond acceptors (Lipinski definition) is 3. The molecular weight excluding hydrogens is 360 g/mol. The first-order valence-electron chi connectivity index (χ1n) is 9.59. The van der Waals surface area contributed by atoms with Gasteiger partial charge in [-0.1, -0.05) is 30.3 Å². The molecule has 0 atom stereocenters. The average Bonchev–Trinajstić information content (AvgIpc) is 3.30. The predicted molar refractivity (Wildman–Crippen MR) is 115 cm³/mol. The highest BCUT2D eigenvalue weighted by Gasteiger charge is 2.10. The summed E-state index contributed by atoms with van der Waals surface area (Å²) < 4.78 is 0. The molecule has 0 saturated carbocycles. The summed E-state index contributed by atoms with van der Waals surface area (Å²) in [4.78, 5) is 24.4. The van der Waals surface area contributed by atoms with Crippen LogP contribution in [0.15, 0.2) is 79.3 Å². The lowest BCUT2D eigenvalue weighted by molar-refractivity contribution is 0.102. The zero-order valence-corrected chi connectivity index (χ0v) is 16.2. The monoisotopic (exact) mass is 382 g/mol. The summed E-state index contributed by atoms with van der Waals surface area (Å²) >= 11 is 0. The molecule has 0 aliphatic carbocycles. The van der Waals surface area contributed by atoms with Crippen molar-refractivity contribution in [3.63, 3.8) is 0 Å². The summed E-state index contributed by atoms with van der Waals surface area (Å²) in [6.45, 7) is 1.97. The van der Waals surface area contributed by atoms with E-state index in [9.17, 15) is 4.79 Å². The van der Waals surface area contributed by atoms with Crippen molar-refractivity contribution in [2.24, 2.45) is 0 Å². The lowest BCUT2D eigenvalue weighted by atomic mass is 10.0. The predicted octanol–water partition coefficient (Wildman–Crippen LogP) is 4.82. The van der Waals surface area contributed by atoms with Gasteiger partial charge < -0.3 is 10.3 Å². The van der Waals surface area contributed by atoms with Gasteiger partial charge in [-0.3, -0.25) is 9.78 Å².